The number of phosphoric acid groups is 2. The second kappa shape index (κ2) is 83.5. The highest BCUT2D eigenvalue weighted by molar-refractivity contribution is 7.47. The highest BCUT2D eigenvalue weighted by atomic mass is 31.2. The number of carbonyl (C=O) groups excluding carboxylic acids is 4. The van der Waals surface area contributed by atoms with Crippen LogP contribution in [0.15, 0.2) is 0 Å². The Kier molecular flexibility index (Phi) is 82.1. The first-order valence-electron chi connectivity index (χ1n) is 47.2. The lowest BCUT2D eigenvalue weighted by Gasteiger charge is -2.21. The van der Waals surface area contributed by atoms with E-state index in [4.69, 9.17) is 37.0 Å². The van der Waals surface area contributed by atoms with Crippen molar-refractivity contribution in [2.24, 2.45) is 5.92 Å². The fraction of sp³-hybridized carbons (Fsp3) is 0.956. The molecule has 0 bridgehead atoms. The van der Waals surface area contributed by atoms with Crippen molar-refractivity contribution in [2.45, 2.75) is 515 Å². The van der Waals surface area contributed by atoms with Crippen molar-refractivity contribution in [1.82, 2.24) is 0 Å². The lowest BCUT2D eigenvalue weighted by Crippen LogP contribution is -2.30. The Balaban J connectivity index is 5.25. The van der Waals surface area contributed by atoms with Crippen molar-refractivity contribution in [3.63, 3.8) is 0 Å². The third-order valence-electron chi connectivity index (χ3n) is 21.9. The van der Waals surface area contributed by atoms with Crippen LogP contribution in [0.5, 0.6) is 0 Å². The maximum absolute atomic E-state index is 13.2. The molecule has 0 aliphatic rings. The van der Waals surface area contributed by atoms with Gasteiger partial charge >= 0.3 is 39.5 Å². The molecule has 0 aromatic carbocycles. The van der Waals surface area contributed by atoms with E-state index >= 15 is 0 Å². The summed E-state index contributed by atoms with van der Waals surface area (Å²) in [5.74, 6) is -1.32. The zero-order valence-electron chi connectivity index (χ0n) is 72.4. The van der Waals surface area contributed by atoms with Gasteiger partial charge in [0, 0.05) is 25.7 Å². The largest absolute Gasteiger partial charge is 0.472 e. The number of carbonyl (C=O) groups is 4. The van der Waals surface area contributed by atoms with Gasteiger partial charge < -0.3 is 33.8 Å². The molecule has 17 nitrogen and oxygen atoms in total. The monoisotopic (exact) mass is 1610 g/mol. The van der Waals surface area contributed by atoms with Crippen LogP contribution in [0.4, 0.5) is 0 Å². The molecule has 0 saturated heterocycles. The zero-order valence-corrected chi connectivity index (χ0v) is 74.2. The number of aliphatic hydroxyl groups is 1. The number of esters is 4. The molecule has 3 unspecified atom stereocenters. The van der Waals surface area contributed by atoms with Crippen molar-refractivity contribution < 1.29 is 80.2 Å². The van der Waals surface area contributed by atoms with E-state index in [-0.39, 0.29) is 25.7 Å². The van der Waals surface area contributed by atoms with E-state index in [0.717, 1.165) is 95.8 Å². The molecule has 0 rings (SSSR count). The molecule has 0 aromatic rings. The van der Waals surface area contributed by atoms with Crippen LogP contribution in [0.3, 0.4) is 0 Å². The van der Waals surface area contributed by atoms with E-state index in [1.807, 2.05) is 0 Å². The van der Waals surface area contributed by atoms with Crippen molar-refractivity contribution in [2.75, 3.05) is 39.6 Å². The summed E-state index contributed by atoms with van der Waals surface area (Å²) < 4.78 is 69.1. The normalized spacial score (nSPS) is 13.9. The smallest absolute Gasteiger partial charge is 0.462 e. The van der Waals surface area contributed by atoms with Gasteiger partial charge in [0.15, 0.2) is 12.2 Å². The molecule has 0 spiro atoms. The molecule has 19 heteroatoms. The number of unbranched alkanes of at least 4 members (excludes halogenated alkanes) is 62. The molecular weight excluding hydrogens is 1430 g/mol. The second-order valence-corrected chi connectivity index (χ2v) is 35.8. The average molecular weight is 1610 g/mol. The molecule has 0 fully saturated rings. The maximum Gasteiger partial charge on any atom is 0.472 e. The summed E-state index contributed by atoms with van der Waals surface area (Å²) in [6.07, 6.45) is 79.2. The number of ether oxygens (including phenoxy) is 4. The molecule has 0 aromatic heterocycles. The first-order chi connectivity index (χ1) is 53.6. The molecular formula is C91H178O17P2. The lowest BCUT2D eigenvalue weighted by atomic mass is 9.99. The summed E-state index contributed by atoms with van der Waals surface area (Å²) in [6.45, 7) is 7.40. The van der Waals surface area contributed by atoms with Crippen molar-refractivity contribution in [3.8, 4) is 0 Å². The van der Waals surface area contributed by atoms with E-state index in [9.17, 15) is 43.2 Å². The van der Waals surface area contributed by atoms with E-state index in [1.165, 1.54) is 321 Å². The molecule has 0 saturated carbocycles. The van der Waals surface area contributed by atoms with E-state index in [1.54, 1.807) is 0 Å². The van der Waals surface area contributed by atoms with Crippen molar-refractivity contribution in [3.05, 3.63) is 0 Å². The number of phosphoric ester groups is 2. The predicted octanol–water partition coefficient (Wildman–Crippen LogP) is 28.3. The Morgan fingerprint density at radius 1 is 0.255 bits per heavy atom. The Labute approximate surface area is 677 Å². The fourth-order valence-corrected chi connectivity index (χ4v) is 15.9. The average Bonchev–Trinajstić information content (AvgIpc) is 0.897. The molecule has 0 aliphatic heterocycles. The molecule has 0 radical (unpaired) electrons. The van der Waals surface area contributed by atoms with E-state index < -0.39 is 97.5 Å². The number of aliphatic hydroxyl groups excluding tert-OH is 1. The van der Waals surface area contributed by atoms with Gasteiger partial charge in [-0.3, -0.25) is 37.3 Å². The minimum absolute atomic E-state index is 0.109. The first-order valence-corrected chi connectivity index (χ1v) is 50.2. The SMILES string of the molecule is CCCCCCCCCCCCCCCCCCCCCCCC(=O)O[C@H](COC(=O)CCCCCCCCCCCCCCCCCCCCCC)COP(=O)(O)OC[C@@H](O)COP(=O)(O)OC[C@@H](COC(=O)CCCCCCCCCCC(C)CC)OC(=O)CCCCCCCCCCCCCCCCCCC. The van der Waals surface area contributed by atoms with Gasteiger partial charge in [0.25, 0.3) is 0 Å². The van der Waals surface area contributed by atoms with Crippen LogP contribution in [0.1, 0.15) is 497 Å². The van der Waals surface area contributed by atoms with Gasteiger partial charge in [0.05, 0.1) is 26.4 Å². The summed E-state index contributed by atoms with van der Waals surface area (Å²) in [7, 11) is -9.94. The Morgan fingerprint density at radius 3 is 0.645 bits per heavy atom. The fourth-order valence-electron chi connectivity index (χ4n) is 14.3. The van der Waals surface area contributed by atoms with Crippen LogP contribution in [0, 0.1) is 5.92 Å². The standard InChI is InChI=1S/C91H178O17P2/c1-6-10-13-16-19-22-25-28-31-34-36-38-40-43-46-49-52-55-62-67-72-76-90(95)107-86(80-101-88(93)74-69-64-59-53-50-47-44-42-39-37-35-32-29-26-23-20-17-14-11-7-2)82-105-109(97,98)103-78-85(92)79-104-110(99,100)106-83-87(81-102-89(94)75-70-65-60-57-56-58-63-68-73-84(5)9-4)108-91(96)77-71-66-61-54-51-48-45-41-33-30-27-24-21-18-15-12-8-3/h84-87,92H,6-83H2,1-5H3,(H,97,98)(H,99,100)/t84?,85-,86-,87-/m1/s1. The van der Waals surface area contributed by atoms with Gasteiger partial charge in [-0.2, -0.15) is 0 Å². The van der Waals surface area contributed by atoms with E-state index in [0.29, 0.717) is 25.7 Å². The molecule has 110 heavy (non-hydrogen) atoms. The number of hydrogen-bond acceptors (Lipinski definition) is 15. The highest BCUT2D eigenvalue weighted by Gasteiger charge is 2.31. The van der Waals surface area contributed by atoms with Gasteiger partial charge in [0.2, 0.25) is 0 Å². The Hall–Kier alpha value is -1.94. The summed E-state index contributed by atoms with van der Waals surface area (Å²) in [4.78, 5) is 73.4. The minimum Gasteiger partial charge on any atom is -0.462 e. The highest BCUT2D eigenvalue weighted by Crippen LogP contribution is 2.45. The van der Waals surface area contributed by atoms with Crippen LogP contribution in [0.25, 0.3) is 0 Å². The Morgan fingerprint density at radius 2 is 0.436 bits per heavy atom. The number of rotatable bonds is 91. The molecule has 654 valence electrons. The van der Waals surface area contributed by atoms with Crippen molar-refractivity contribution in [1.29, 1.82) is 0 Å². The van der Waals surface area contributed by atoms with Crippen molar-refractivity contribution >= 4 is 39.5 Å². The predicted molar refractivity (Wildman–Crippen MR) is 455 cm³/mol. The van der Waals surface area contributed by atoms with Crippen LogP contribution >= 0.6 is 15.6 Å². The lowest BCUT2D eigenvalue weighted by molar-refractivity contribution is -0.161. The third kappa shape index (κ3) is 82.6. The Bertz CT molecular complexity index is 2080. The van der Waals surface area contributed by atoms with Gasteiger partial charge in [-0.1, -0.05) is 446 Å². The van der Waals surface area contributed by atoms with Crippen LogP contribution in [-0.4, -0.2) is 96.7 Å². The van der Waals surface area contributed by atoms with Crippen LogP contribution in [0.2, 0.25) is 0 Å². The maximum atomic E-state index is 13.2. The van der Waals surface area contributed by atoms with Crippen LogP contribution in [-0.2, 0) is 65.4 Å². The number of hydrogen-bond donors (Lipinski definition) is 3. The third-order valence-corrected chi connectivity index (χ3v) is 23.8. The van der Waals surface area contributed by atoms with Gasteiger partial charge in [0.1, 0.15) is 19.3 Å². The van der Waals surface area contributed by atoms with Gasteiger partial charge in [-0.25, -0.2) is 9.13 Å². The molecule has 3 N–H and O–H groups in total. The topological polar surface area (TPSA) is 237 Å². The van der Waals surface area contributed by atoms with Gasteiger partial charge in [-0.15, -0.1) is 0 Å². The summed E-state index contributed by atoms with van der Waals surface area (Å²) in [5, 5.41) is 10.7. The zero-order chi connectivity index (χ0) is 80.4. The summed E-state index contributed by atoms with van der Waals surface area (Å²) in [6, 6.07) is 0. The molecule has 0 amide bonds. The summed E-state index contributed by atoms with van der Waals surface area (Å²) >= 11 is 0. The summed E-state index contributed by atoms with van der Waals surface area (Å²) in [5.41, 5.74) is 0. The second-order valence-electron chi connectivity index (χ2n) is 32.9. The first kappa shape index (κ1) is 108. The molecule has 0 aliphatic carbocycles. The molecule has 0 heterocycles. The van der Waals surface area contributed by atoms with Crippen LogP contribution < -0.4 is 0 Å². The molecule has 6 atom stereocenters. The minimum atomic E-state index is -4.97. The quantitative estimate of drug-likeness (QED) is 0.0222. The van der Waals surface area contributed by atoms with Gasteiger partial charge in [-0.05, 0) is 31.6 Å². The van der Waals surface area contributed by atoms with E-state index in [2.05, 4.69) is 34.6 Å².